The van der Waals surface area contributed by atoms with Crippen LogP contribution in [0.5, 0.6) is 0 Å². The van der Waals surface area contributed by atoms with E-state index in [0.29, 0.717) is 22.4 Å². The molecule has 1 heterocycles. The first-order chi connectivity index (χ1) is 8.54. The summed E-state index contributed by atoms with van der Waals surface area (Å²) in [7, 11) is 0. The Bertz CT molecular complexity index is 789. The molecule has 0 bridgehead atoms. The van der Waals surface area contributed by atoms with Crippen molar-refractivity contribution in [3.63, 3.8) is 0 Å². The minimum atomic E-state index is 0.675. The number of aryl methyl sites for hydroxylation is 2. The summed E-state index contributed by atoms with van der Waals surface area (Å²) in [6.07, 6.45) is 0. The molecule has 90 valence electrons. The number of nitrogens with zero attached hydrogens (tertiary/aromatic N) is 1. The Kier molecular flexibility index (Phi) is 2.13. The molecule has 1 aromatic rings. The van der Waals surface area contributed by atoms with Gasteiger partial charge in [-0.2, -0.15) is 0 Å². The van der Waals surface area contributed by atoms with Crippen molar-refractivity contribution in [2.75, 3.05) is 5.73 Å². The lowest BCUT2D eigenvalue weighted by Crippen LogP contribution is -2.46. The van der Waals surface area contributed by atoms with E-state index in [2.05, 4.69) is 4.98 Å². The molecule has 0 saturated heterocycles. The second-order valence-corrected chi connectivity index (χ2v) is 4.57. The molecule has 4 N–H and O–H groups in total. The summed E-state index contributed by atoms with van der Waals surface area (Å²) in [6, 6.07) is 7.46. The lowest BCUT2D eigenvalue weighted by atomic mass is 10.1. The van der Waals surface area contributed by atoms with E-state index in [4.69, 9.17) is 15.6 Å². The van der Waals surface area contributed by atoms with Crippen LogP contribution in [0.25, 0.3) is 22.6 Å². The first kappa shape index (κ1) is 10.8. The fraction of sp³-hybridized carbons (Fsp3) is 0.143. The Hall–Kier alpha value is -2.36. The predicted molar refractivity (Wildman–Crippen MR) is 69.6 cm³/mol. The van der Waals surface area contributed by atoms with E-state index in [-0.39, 0.29) is 0 Å². The Labute approximate surface area is 104 Å². The Morgan fingerprint density at radius 2 is 1.89 bits per heavy atom. The van der Waals surface area contributed by atoms with Gasteiger partial charge in [0, 0.05) is 17.3 Å². The molecular weight excluding hydrogens is 226 g/mol. The second kappa shape index (κ2) is 3.57. The van der Waals surface area contributed by atoms with Crippen LogP contribution in [0.2, 0.25) is 0 Å². The molecule has 0 unspecified atom stereocenters. The first-order valence-electron chi connectivity index (χ1n) is 5.74. The fourth-order valence-electron chi connectivity index (χ4n) is 1.96. The van der Waals surface area contributed by atoms with E-state index >= 15 is 0 Å². The van der Waals surface area contributed by atoms with Crippen LogP contribution in [0.3, 0.4) is 0 Å². The van der Waals surface area contributed by atoms with Gasteiger partial charge < -0.3 is 10.2 Å². The molecule has 18 heavy (non-hydrogen) atoms. The number of hydrogen-bond donors (Lipinski definition) is 2. The van der Waals surface area contributed by atoms with Gasteiger partial charge in [0.1, 0.15) is 11.2 Å². The smallest absolute Gasteiger partial charge is 0.203 e. The number of anilines is 1. The van der Waals surface area contributed by atoms with Crippen LogP contribution in [0.15, 0.2) is 28.7 Å². The molecule has 1 aromatic carbocycles. The molecule has 2 aliphatic rings. The van der Waals surface area contributed by atoms with E-state index in [9.17, 15) is 0 Å². The molecule has 3 rings (SSSR count). The van der Waals surface area contributed by atoms with Crippen LogP contribution in [0.1, 0.15) is 11.1 Å². The van der Waals surface area contributed by atoms with Gasteiger partial charge in [-0.05, 0) is 31.5 Å². The van der Waals surface area contributed by atoms with Crippen molar-refractivity contribution >= 4 is 16.8 Å². The third-order valence-electron chi connectivity index (χ3n) is 3.16. The summed E-state index contributed by atoms with van der Waals surface area (Å²) < 4.78 is 5.80. The number of benzene rings is 2. The Morgan fingerprint density at radius 1 is 1.11 bits per heavy atom. The highest BCUT2D eigenvalue weighted by Crippen LogP contribution is 2.26. The zero-order valence-corrected chi connectivity index (χ0v) is 10.3. The molecule has 4 heteroatoms. The zero-order chi connectivity index (χ0) is 12.9. The maximum Gasteiger partial charge on any atom is 0.203 e. The van der Waals surface area contributed by atoms with E-state index in [1.807, 2.05) is 26.0 Å². The summed E-state index contributed by atoms with van der Waals surface area (Å²) in [4.78, 5) is 4.58. The zero-order valence-electron chi connectivity index (χ0n) is 10.3. The van der Waals surface area contributed by atoms with Gasteiger partial charge in [0.25, 0.3) is 0 Å². The van der Waals surface area contributed by atoms with E-state index in [1.165, 1.54) is 0 Å². The molecule has 0 fully saturated rings. The van der Waals surface area contributed by atoms with Gasteiger partial charge in [0.15, 0.2) is 11.3 Å². The minimum Gasteiger partial charge on any atom is -0.452 e. The quantitative estimate of drug-likeness (QED) is 0.450. The van der Waals surface area contributed by atoms with E-state index in [0.717, 1.165) is 22.3 Å². The summed E-state index contributed by atoms with van der Waals surface area (Å²) in [6.45, 7) is 3.91. The number of aromatic nitrogens is 1. The highest BCUT2D eigenvalue weighted by molar-refractivity contribution is 5.81. The highest BCUT2D eigenvalue weighted by Gasteiger charge is 2.12. The van der Waals surface area contributed by atoms with Gasteiger partial charge in [-0.15, -0.1) is 0 Å². The predicted octanol–water partition coefficient (Wildman–Crippen LogP) is 0.791. The first-order valence-corrected chi connectivity index (χ1v) is 5.74. The van der Waals surface area contributed by atoms with Crippen LogP contribution in [-0.2, 0) is 0 Å². The van der Waals surface area contributed by atoms with Crippen molar-refractivity contribution in [2.45, 2.75) is 13.8 Å². The largest absolute Gasteiger partial charge is 0.452 e. The van der Waals surface area contributed by atoms with Crippen LogP contribution in [0.4, 0.5) is 5.69 Å². The summed E-state index contributed by atoms with van der Waals surface area (Å²) in [5.74, 6) is 0.675. The maximum atomic E-state index is 5.87. The fourth-order valence-corrected chi connectivity index (χ4v) is 1.96. The Balaban J connectivity index is 2.45. The SMILES string of the molecule is Cc1cc2nc3cc(C)c(=[NH2+])cc-3oc2cc1N. The molecule has 0 radical (unpaired) electrons. The molecule has 0 aromatic heterocycles. The van der Waals surface area contributed by atoms with Crippen LogP contribution in [0, 0.1) is 13.8 Å². The summed E-state index contributed by atoms with van der Waals surface area (Å²) >= 11 is 0. The summed E-state index contributed by atoms with van der Waals surface area (Å²) in [5, 5.41) is 6.57. The standard InChI is InChI=1S/C14H13N3O/c1-7-3-11-13(5-9(7)15)18-14-6-10(16)8(2)4-12(14)17-11/h3-6,15H,16H2,1-2H3/p+1. The molecule has 0 spiro atoms. The highest BCUT2D eigenvalue weighted by atomic mass is 16.3. The average molecular weight is 240 g/mol. The van der Waals surface area contributed by atoms with E-state index in [1.54, 1.807) is 12.1 Å². The van der Waals surface area contributed by atoms with Crippen LogP contribution >= 0.6 is 0 Å². The van der Waals surface area contributed by atoms with E-state index < -0.39 is 0 Å². The summed E-state index contributed by atoms with van der Waals surface area (Å²) in [5.41, 5.74) is 10.8. The molecule has 0 amide bonds. The number of nitrogens with two attached hydrogens (primary N) is 2. The third-order valence-corrected chi connectivity index (χ3v) is 3.16. The van der Waals surface area contributed by atoms with Gasteiger partial charge in [0.2, 0.25) is 5.36 Å². The van der Waals surface area contributed by atoms with Crippen molar-refractivity contribution in [1.29, 1.82) is 0 Å². The Morgan fingerprint density at radius 3 is 2.67 bits per heavy atom. The van der Waals surface area contributed by atoms with Crippen molar-refractivity contribution < 1.29 is 9.83 Å². The van der Waals surface area contributed by atoms with Crippen molar-refractivity contribution in [3.8, 4) is 11.5 Å². The van der Waals surface area contributed by atoms with Gasteiger partial charge >= 0.3 is 0 Å². The molecule has 0 atom stereocenters. The average Bonchev–Trinajstić information content (AvgIpc) is 2.31. The number of fused-ring (bicyclic) bond motifs is 2. The maximum absolute atomic E-state index is 5.87. The third kappa shape index (κ3) is 1.54. The molecule has 1 aliphatic heterocycles. The normalized spacial score (nSPS) is 11.2. The molecular formula is C14H14N3O+. The van der Waals surface area contributed by atoms with Crippen molar-refractivity contribution in [2.24, 2.45) is 0 Å². The lowest BCUT2D eigenvalue weighted by molar-refractivity contribution is -0.173. The molecule has 0 saturated carbocycles. The van der Waals surface area contributed by atoms with Gasteiger partial charge in [-0.3, -0.25) is 5.41 Å². The number of hydrogen-bond acceptors (Lipinski definition) is 3. The number of rotatable bonds is 0. The second-order valence-electron chi connectivity index (χ2n) is 4.57. The monoisotopic (exact) mass is 240 g/mol. The van der Waals surface area contributed by atoms with Crippen molar-refractivity contribution in [3.05, 3.63) is 40.7 Å². The van der Waals surface area contributed by atoms with Crippen molar-refractivity contribution in [1.82, 2.24) is 4.98 Å². The van der Waals surface area contributed by atoms with Crippen LogP contribution < -0.4 is 16.5 Å². The number of nitrogen functional groups attached to an aromatic ring is 1. The van der Waals surface area contributed by atoms with Gasteiger partial charge in [-0.1, -0.05) is 0 Å². The topological polar surface area (TPSA) is 77.6 Å². The lowest BCUT2D eigenvalue weighted by Gasteiger charge is -2.08. The van der Waals surface area contributed by atoms with Gasteiger partial charge in [-0.25, -0.2) is 4.98 Å². The molecule has 1 aliphatic carbocycles. The van der Waals surface area contributed by atoms with Crippen LogP contribution in [-0.4, -0.2) is 4.98 Å². The van der Waals surface area contributed by atoms with Gasteiger partial charge in [0.05, 0.1) is 6.07 Å². The molecule has 4 nitrogen and oxygen atoms in total. The minimum absolute atomic E-state index is 0.675.